The lowest BCUT2D eigenvalue weighted by Crippen LogP contribution is -2.49. The largest absolute Gasteiger partial charge is 0.447 e. The molecule has 1 amide bonds. The third kappa shape index (κ3) is 1.54. The van der Waals surface area contributed by atoms with Crippen LogP contribution in [0.5, 0.6) is 0 Å². The van der Waals surface area contributed by atoms with Crippen LogP contribution in [0.15, 0.2) is 30.3 Å². The lowest BCUT2D eigenvalue weighted by atomic mass is 10.0. The van der Waals surface area contributed by atoms with Gasteiger partial charge in [0, 0.05) is 6.42 Å². The number of rotatable bonds is 3. The maximum Gasteiger partial charge on any atom is 0.411 e. The number of carbonyl (C=O) groups is 2. The summed E-state index contributed by atoms with van der Waals surface area (Å²) in [6.07, 6.45) is 2.84. The van der Waals surface area contributed by atoms with Gasteiger partial charge in [0.1, 0.15) is 12.1 Å². The molecule has 4 heteroatoms. The summed E-state index contributed by atoms with van der Waals surface area (Å²) >= 11 is 0. The minimum Gasteiger partial charge on any atom is -0.447 e. The van der Waals surface area contributed by atoms with Crippen LogP contribution in [-0.4, -0.2) is 35.0 Å². The van der Waals surface area contributed by atoms with Crippen LogP contribution in [0, 0.1) is 5.92 Å². The van der Waals surface area contributed by atoms with Gasteiger partial charge >= 0.3 is 6.09 Å². The van der Waals surface area contributed by atoms with E-state index in [1.807, 2.05) is 18.2 Å². The van der Waals surface area contributed by atoms with E-state index in [1.54, 1.807) is 4.90 Å². The average Bonchev–Trinajstić information content (AvgIpc) is 2.95. The van der Waals surface area contributed by atoms with Crippen LogP contribution >= 0.6 is 0 Å². The first-order valence-electron chi connectivity index (χ1n) is 7.25. The Morgan fingerprint density at radius 1 is 1.25 bits per heavy atom. The zero-order valence-corrected chi connectivity index (χ0v) is 11.2. The van der Waals surface area contributed by atoms with Gasteiger partial charge in [0.05, 0.1) is 6.04 Å². The highest BCUT2D eigenvalue weighted by atomic mass is 16.6. The molecule has 0 bridgehead atoms. The Balaban J connectivity index is 1.61. The molecule has 2 aliphatic carbocycles. The van der Waals surface area contributed by atoms with E-state index in [-0.39, 0.29) is 17.9 Å². The smallest absolute Gasteiger partial charge is 0.411 e. The summed E-state index contributed by atoms with van der Waals surface area (Å²) in [5.41, 5.74) is 0.673. The van der Waals surface area contributed by atoms with Gasteiger partial charge in [-0.1, -0.05) is 30.3 Å². The van der Waals surface area contributed by atoms with Crippen molar-refractivity contribution < 1.29 is 14.3 Å². The number of benzene rings is 1. The van der Waals surface area contributed by atoms with Crippen molar-refractivity contribution in [3.63, 3.8) is 0 Å². The number of hydrogen-bond donors (Lipinski definition) is 0. The van der Waals surface area contributed by atoms with Crippen molar-refractivity contribution in [1.29, 1.82) is 0 Å². The van der Waals surface area contributed by atoms with Crippen LogP contribution in [0.1, 0.15) is 24.8 Å². The number of carbonyl (C=O) groups excluding carboxylic acids is 2. The molecule has 1 aromatic carbocycles. The highest BCUT2D eigenvalue weighted by molar-refractivity contribution is 5.98. The van der Waals surface area contributed by atoms with Crippen molar-refractivity contribution >= 4 is 11.9 Å². The van der Waals surface area contributed by atoms with Gasteiger partial charge in [-0.25, -0.2) is 4.79 Å². The van der Waals surface area contributed by atoms with Crippen LogP contribution < -0.4 is 0 Å². The molecule has 0 radical (unpaired) electrons. The Morgan fingerprint density at radius 2 is 2.05 bits per heavy atom. The Bertz CT molecular complexity index is 570. The van der Waals surface area contributed by atoms with Gasteiger partial charge in [0.15, 0.2) is 5.78 Å². The number of Topliss-reactive ketones (excluding diaryl/α,β-unsaturated/α-hetero) is 1. The Kier molecular flexibility index (Phi) is 2.43. The summed E-state index contributed by atoms with van der Waals surface area (Å²) in [6.45, 7) is 0.398. The van der Waals surface area contributed by atoms with E-state index in [2.05, 4.69) is 12.1 Å². The number of cyclic esters (lactones) is 1. The van der Waals surface area contributed by atoms with E-state index in [0.29, 0.717) is 18.9 Å². The summed E-state index contributed by atoms with van der Waals surface area (Å²) < 4.78 is 5.24. The third-order valence-electron chi connectivity index (χ3n) is 4.98. The molecule has 0 aromatic heterocycles. The van der Waals surface area contributed by atoms with Crippen LogP contribution in [0.25, 0.3) is 0 Å². The Morgan fingerprint density at radius 3 is 2.70 bits per heavy atom. The standard InChI is InChI=1S/C16H17NO3/c18-14-7-6-12-9-16(12,14)17-13(10-20-15(17)19)8-11-4-2-1-3-5-11/h1-5,12-13H,6-10H2/t12-,13-,16-/m1/s1. The molecule has 3 fully saturated rings. The zero-order chi connectivity index (χ0) is 13.7. The first-order valence-corrected chi connectivity index (χ1v) is 7.25. The molecule has 1 aromatic rings. The van der Waals surface area contributed by atoms with E-state index >= 15 is 0 Å². The van der Waals surface area contributed by atoms with E-state index in [0.717, 1.165) is 19.3 Å². The lowest BCUT2D eigenvalue weighted by molar-refractivity contribution is -0.123. The zero-order valence-electron chi connectivity index (χ0n) is 11.2. The second-order valence-electron chi connectivity index (χ2n) is 6.08. The second kappa shape index (κ2) is 4.08. The first-order chi connectivity index (χ1) is 9.72. The first kappa shape index (κ1) is 11.9. The predicted molar refractivity (Wildman–Crippen MR) is 72.2 cm³/mol. The maximum atomic E-state index is 12.2. The molecular weight excluding hydrogens is 254 g/mol. The van der Waals surface area contributed by atoms with Crippen molar-refractivity contribution in [3.8, 4) is 0 Å². The van der Waals surface area contributed by atoms with Crippen molar-refractivity contribution in [2.45, 2.75) is 37.3 Å². The summed E-state index contributed by atoms with van der Waals surface area (Å²) in [4.78, 5) is 26.1. The minimum absolute atomic E-state index is 0.00282. The van der Waals surface area contributed by atoms with Gasteiger partial charge in [0.2, 0.25) is 0 Å². The minimum atomic E-state index is -0.507. The number of nitrogens with zero attached hydrogens (tertiary/aromatic N) is 1. The van der Waals surface area contributed by atoms with Crippen molar-refractivity contribution in [1.82, 2.24) is 4.90 Å². The van der Waals surface area contributed by atoms with E-state index in [4.69, 9.17) is 4.74 Å². The summed E-state index contributed by atoms with van der Waals surface area (Å²) in [6, 6.07) is 10.1. The van der Waals surface area contributed by atoms with Gasteiger partial charge < -0.3 is 4.74 Å². The van der Waals surface area contributed by atoms with Crippen LogP contribution in [-0.2, 0) is 16.0 Å². The van der Waals surface area contributed by atoms with Gasteiger partial charge in [-0.3, -0.25) is 9.69 Å². The maximum absolute atomic E-state index is 12.2. The summed E-state index contributed by atoms with van der Waals surface area (Å²) in [5.74, 6) is 0.610. The molecule has 104 valence electrons. The molecule has 1 heterocycles. The SMILES string of the molecule is O=C1OC[C@@H](Cc2ccccc2)N1[C@]12C[C@H]1CCC2=O. The number of ether oxygens (including phenoxy) is 1. The van der Waals surface area contributed by atoms with Crippen molar-refractivity contribution in [3.05, 3.63) is 35.9 Å². The van der Waals surface area contributed by atoms with Crippen LogP contribution in [0.4, 0.5) is 4.79 Å². The fourth-order valence-corrected chi connectivity index (χ4v) is 3.94. The predicted octanol–water partition coefficient (Wildman–Crippen LogP) is 2.17. The van der Waals surface area contributed by atoms with E-state index in [9.17, 15) is 9.59 Å². The molecule has 2 saturated carbocycles. The molecule has 0 unspecified atom stereocenters. The highest BCUT2D eigenvalue weighted by Crippen LogP contribution is 2.59. The number of hydrogen-bond acceptors (Lipinski definition) is 3. The molecule has 0 spiro atoms. The molecule has 4 nitrogen and oxygen atoms in total. The topological polar surface area (TPSA) is 46.6 Å². The van der Waals surface area contributed by atoms with Gasteiger partial charge in [-0.15, -0.1) is 0 Å². The number of amides is 1. The fraction of sp³-hybridized carbons (Fsp3) is 0.500. The monoisotopic (exact) mass is 271 g/mol. The van der Waals surface area contributed by atoms with Crippen molar-refractivity contribution in [2.24, 2.45) is 5.92 Å². The molecule has 3 aliphatic rings. The molecule has 1 aliphatic heterocycles. The molecule has 1 saturated heterocycles. The van der Waals surface area contributed by atoms with Crippen molar-refractivity contribution in [2.75, 3.05) is 6.61 Å². The quantitative estimate of drug-likeness (QED) is 0.846. The van der Waals surface area contributed by atoms with Crippen LogP contribution in [0.3, 0.4) is 0 Å². The normalized spacial score (nSPS) is 35.1. The molecule has 0 N–H and O–H groups in total. The molecule has 3 atom stereocenters. The van der Waals surface area contributed by atoms with Crippen LogP contribution in [0.2, 0.25) is 0 Å². The molecule has 20 heavy (non-hydrogen) atoms. The van der Waals surface area contributed by atoms with Gasteiger partial charge in [-0.05, 0) is 30.7 Å². The Labute approximate surface area is 117 Å². The summed E-state index contributed by atoms with van der Waals surface area (Å²) in [7, 11) is 0. The second-order valence-corrected chi connectivity index (χ2v) is 6.08. The fourth-order valence-electron chi connectivity index (χ4n) is 3.94. The molecule has 4 rings (SSSR count). The summed E-state index contributed by atoms with van der Waals surface area (Å²) in [5, 5.41) is 0. The van der Waals surface area contributed by atoms with Gasteiger partial charge in [0.25, 0.3) is 0 Å². The Hall–Kier alpha value is -1.84. The highest BCUT2D eigenvalue weighted by Gasteiger charge is 2.70. The average molecular weight is 271 g/mol. The number of fused-ring (bicyclic) bond motifs is 1. The number of ketones is 1. The van der Waals surface area contributed by atoms with Gasteiger partial charge in [-0.2, -0.15) is 0 Å². The third-order valence-corrected chi connectivity index (χ3v) is 4.98. The molecular formula is C16H17NO3. The van der Waals surface area contributed by atoms with E-state index in [1.165, 1.54) is 5.56 Å². The lowest BCUT2D eigenvalue weighted by Gasteiger charge is -2.28. The van der Waals surface area contributed by atoms with E-state index < -0.39 is 5.54 Å².